The van der Waals surface area contributed by atoms with E-state index in [1.165, 1.54) is 4.90 Å². The Balaban J connectivity index is 2.10. The minimum Gasteiger partial charge on any atom is -0.338 e. The number of hydrogen-bond acceptors (Lipinski definition) is 1. The van der Waals surface area contributed by atoms with Crippen molar-refractivity contribution in [2.24, 2.45) is 0 Å². The third-order valence-electron chi connectivity index (χ3n) is 2.89. The monoisotopic (exact) mass is 351 g/mol. The van der Waals surface area contributed by atoms with Crippen LogP contribution < -0.4 is 0 Å². The SMILES string of the molecule is O=C(c1ccccc1I)N1CCC(F)(F)CC1. The van der Waals surface area contributed by atoms with Gasteiger partial charge in [0.1, 0.15) is 0 Å². The number of carbonyl (C=O) groups is 1. The number of carbonyl (C=O) groups excluding carboxylic acids is 1. The Bertz CT molecular complexity index is 426. The molecule has 1 fully saturated rings. The van der Waals surface area contributed by atoms with E-state index in [0.29, 0.717) is 5.56 Å². The van der Waals surface area contributed by atoms with Crippen LogP contribution in [0.2, 0.25) is 0 Å². The second kappa shape index (κ2) is 4.88. The first-order valence-corrected chi connectivity index (χ1v) is 6.49. The van der Waals surface area contributed by atoms with Crippen LogP contribution in [0.25, 0.3) is 0 Å². The minimum absolute atomic E-state index is 0.136. The van der Waals surface area contributed by atoms with E-state index in [9.17, 15) is 13.6 Å². The maximum Gasteiger partial charge on any atom is 0.254 e. The number of hydrogen-bond donors (Lipinski definition) is 0. The van der Waals surface area contributed by atoms with Gasteiger partial charge in [-0.25, -0.2) is 8.78 Å². The van der Waals surface area contributed by atoms with Gasteiger partial charge in [0, 0.05) is 29.5 Å². The van der Waals surface area contributed by atoms with Crippen LogP contribution in [0, 0.1) is 3.57 Å². The van der Waals surface area contributed by atoms with Crippen molar-refractivity contribution >= 4 is 28.5 Å². The summed E-state index contributed by atoms with van der Waals surface area (Å²) in [6, 6.07) is 7.21. The van der Waals surface area contributed by atoms with Crippen molar-refractivity contribution < 1.29 is 13.6 Å². The van der Waals surface area contributed by atoms with E-state index in [1.54, 1.807) is 12.1 Å². The van der Waals surface area contributed by atoms with Crippen molar-refractivity contribution in [1.82, 2.24) is 4.90 Å². The molecule has 2 nitrogen and oxygen atoms in total. The van der Waals surface area contributed by atoms with Gasteiger partial charge in [0.15, 0.2) is 0 Å². The first-order chi connectivity index (χ1) is 7.99. The van der Waals surface area contributed by atoms with Crippen molar-refractivity contribution in [2.45, 2.75) is 18.8 Å². The molecule has 92 valence electrons. The molecule has 0 unspecified atom stereocenters. The van der Waals surface area contributed by atoms with Crippen LogP contribution in [-0.4, -0.2) is 29.8 Å². The zero-order chi connectivity index (χ0) is 12.5. The molecular weight excluding hydrogens is 339 g/mol. The topological polar surface area (TPSA) is 20.3 Å². The maximum absolute atomic E-state index is 13.0. The summed E-state index contributed by atoms with van der Waals surface area (Å²) >= 11 is 2.08. The molecule has 0 aromatic heterocycles. The molecule has 1 amide bonds. The predicted molar refractivity (Wildman–Crippen MR) is 69.2 cm³/mol. The van der Waals surface area contributed by atoms with Crippen LogP contribution in [0.5, 0.6) is 0 Å². The molecule has 1 aliphatic heterocycles. The first-order valence-electron chi connectivity index (χ1n) is 5.41. The van der Waals surface area contributed by atoms with Crippen molar-refractivity contribution in [3.05, 3.63) is 33.4 Å². The molecule has 1 aromatic carbocycles. The summed E-state index contributed by atoms with van der Waals surface area (Å²) in [7, 11) is 0. The lowest BCUT2D eigenvalue weighted by Crippen LogP contribution is -2.42. The third-order valence-corrected chi connectivity index (χ3v) is 3.83. The normalized spacial score (nSPS) is 19.1. The molecule has 2 rings (SSSR count). The molecule has 0 radical (unpaired) electrons. The van der Waals surface area contributed by atoms with Crippen molar-refractivity contribution in [2.75, 3.05) is 13.1 Å². The Morgan fingerprint density at radius 1 is 1.24 bits per heavy atom. The number of halogens is 3. The molecule has 1 saturated heterocycles. The number of likely N-dealkylation sites (tertiary alicyclic amines) is 1. The second-order valence-electron chi connectivity index (χ2n) is 4.13. The van der Waals surface area contributed by atoms with Gasteiger partial charge in [-0.2, -0.15) is 0 Å². The lowest BCUT2D eigenvalue weighted by atomic mass is 10.1. The molecule has 5 heteroatoms. The van der Waals surface area contributed by atoms with Crippen LogP contribution in [0.15, 0.2) is 24.3 Å². The third kappa shape index (κ3) is 2.94. The van der Waals surface area contributed by atoms with E-state index in [2.05, 4.69) is 22.6 Å². The first kappa shape index (κ1) is 12.7. The van der Waals surface area contributed by atoms with Crippen molar-refractivity contribution in [3.8, 4) is 0 Å². The average molecular weight is 351 g/mol. The smallest absolute Gasteiger partial charge is 0.254 e. The molecule has 0 bridgehead atoms. The largest absolute Gasteiger partial charge is 0.338 e. The molecule has 0 atom stereocenters. The van der Waals surface area contributed by atoms with Gasteiger partial charge in [-0.15, -0.1) is 0 Å². The zero-order valence-corrected chi connectivity index (χ0v) is 11.3. The van der Waals surface area contributed by atoms with Gasteiger partial charge in [0.25, 0.3) is 11.8 Å². The fourth-order valence-electron chi connectivity index (χ4n) is 1.84. The van der Waals surface area contributed by atoms with Crippen LogP contribution in [0.3, 0.4) is 0 Å². The molecule has 17 heavy (non-hydrogen) atoms. The highest BCUT2D eigenvalue weighted by Crippen LogP contribution is 2.28. The van der Waals surface area contributed by atoms with Gasteiger partial charge in [-0.05, 0) is 34.7 Å². The van der Waals surface area contributed by atoms with Gasteiger partial charge in [-0.3, -0.25) is 4.79 Å². The molecule has 1 aromatic rings. The molecule has 0 aliphatic carbocycles. The van der Waals surface area contributed by atoms with Crippen molar-refractivity contribution in [1.29, 1.82) is 0 Å². The molecule has 0 spiro atoms. The number of amides is 1. The molecule has 1 aliphatic rings. The standard InChI is InChI=1S/C12H12F2INO/c13-12(14)5-7-16(8-6-12)11(17)9-3-1-2-4-10(9)15/h1-4H,5-8H2. The Hall–Kier alpha value is -0.720. The highest BCUT2D eigenvalue weighted by atomic mass is 127. The highest BCUT2D eigenvalue weighted by molar-refractivity contribution is 14.1. The van der Waals surface area contributed by atoms with E-state index < -0.39 is 5.92 Å². The Morgan fingerprint density at radius 3 is 2.41 bits per heavy atom. The van der Waals surface area contributed by atoms with E-state index in [0.717, 1.165) is 3.57 Å². The Labute approximate surface area is 112 Å². The zero-order valence-electron chi connectivity index (χ0n) is 9.13. The van der Waals surface area contributed by atoms with Gasteiger partial charge < -0.3 is 4.90 Å². The van der Waals surface area contributed by atoms with Gasteiger partial charge in [0.2, 0.25) is 0 Å². The summed E-state index contributed by atoms with van der Waals surface area (Å²) in [5.74, 6) is -2.76. The lowest BCUT2D eigenvalue weighted by Gasteiger charge is -2.32. The number of alkyl halides is 2. The fraction of sp³-hybridized carbons (Fsp3) is 0.417. The Morgan fingerprint density at radius 2 is 1.82 bits per heavy atom. The van der Waals surface area contributed by atoms with Crippen molar-refractivity contribution in [3.63, 3.8) is 0 Å². The molecule has 0 N–H and O–H groups in total. The van der Waals surface area contributed by atoms with Crippen LogP contribution in [0.1, 0.15) is 23.2 Å². The molecule has 1 heterocycles. The van der Waals surface area contributed by atoms with E-state index >= 15 is 0 Å². The van der Waals surface area contributed by atoms with E-state index in [1.807, 2.05) is 12.1 Å². The second-order valence-corrected chi connectivity index (χ2v) is 5.29. The highest BCUT2D eigenvalue weighted by Gasteiger charge is 2.35. The van der Waals surface area contributed by atoms with Gasteiger partial charge in [0.05, 0.1) is 5.56 Å². The fourth-order valence-corrected chi connectivity index (χ4v) is 2.46. The van der Waals surface area contributed by atoms with Crippen LogP contribution >= 0.6 is 22.6 Å². The number of nitrogens with zero attached hydrogens (tertiary/aromatic N) is 1. The minimum atomic E-state index is -2.61. The Kier molecular flexibility index (Phi) is 3.65. The summed E-state index contributed by atoms with van der Waals surface area (Å²) < 4.78 is 26.8. The quantitative estimate of drug-likeness (QED) is 0.712. The summed E-state index contributed by atoms with van der Waals surface area (Å²) in [5.41, 5.74) is 0.596. The van der Waals surface area contributed by atoms with Gasteiger partial charge >= 0.3 is 0 Å². The van der Waals surface area contributed by atoms with E-state index in [-0.39, 0.29) is 31.8 Å². The summed E-state index contributed by atoms with van der Waals surface area (Å²) in [4.78, 5) is 13.6. The van der Waals surface area contributed by atoms with E-state index in [4.69, 9.17) is 0 Å². The lowest BCUT2D eigenvalue weighted by molar-refractivity contribution is -0.0494. The summed E-state index contributed by atoms with van der Waals surface area (Å²) in [6.07, 6.45) is -0.468. The number of rotatable bonds is 1. The molecule has 0 saturated carbocycles. The molecular formula is C12H12F2INO. The predicted octanol–water partition coefficient (Wildman–Crippen LogP) is 3.16. The number of benzene rings is 1. The van der Waals surface area contributed by atoms with Gasteiger partial charge in [-0.1, -0.05) is 12.1 Å². The summed E-state index contributed by atoms with van der Waals surface area (Å²) in [6.45, 7) is 0.271. The number of piperidine rings is 1. The van der Waals surface area contributed by atoms with Crippen LogP contribution in [-0.2, 0) is 0 Å². The average Bonchev–Trinajstić information content (AvgIpc) is 2.29. The summed E-state index contributed by atoms with van der Waals surface area (Å²) in [5, 5.41) is 0. The van der Waals surface area contributed by atoms with Crippen LogP contribution in [0.4, 0.5) is 8.78 Å². The maximum atomic E-state index is 13.0.